The molecule has 1 aliphatic carbocycles. The lowest BCUT2D eigenvalue weighted by molar-refractivity contribution is 0.0507. The second kappa shape index (κ2) is 8.36. The summed E-state index contributed by atoms with van der Waals surface area (Å²) in [7, 11) is 0. The largest absolute Gasteiger partial charge is 0.444 e. The van der Waals surface area contributed by atoms with Crippen LogP contribution in [0.2, 0.25) is 0 Å². The van der Waals surface area contributed by atoms with Crippen LogP contribution in [0.3, 0.4) is 0 Å². The van der Waals surface area contributed by atoms with Crippen molar-refractivity contribution in [2.45, 2.75) is 98.3 Å². The van der Waals surface area contributed by atoms with Gasteiger partial charge in [-0.3, -0.25) is 0 Å². The molecule has 0 heterocycles. The molecule has 136 valence electrons. The molecule has 4 heteroatoms. The number of rotatable bonds is 4. The van der Waals surface area contributed by atoms with Crippen molar-refractivity contribution in [3.05, 3.63) is 0 Å². The Morgan fingerprint density at radius 3 is 2.30 bits per heavy atom. The van der Waals surface area contributed by atoms with E-state index in [0.29, 0.717) is 11.5 Å². The second-order valence-electron chi connectivity index (χ2n) is 9.22. The van der Waals surface area contributed by atoms with Crippen LogP contribution in [0.5, 0.6) is 0 Å². The predicted octanol–water partition coefficient (Wildman–Crippen LogP) is 4.48. The molecule has 0 aromatic heterocycles. The summed E-state index contributed by atoms with van der Waals surface area (Å²) in [6.07, 6.45) is 6.09. The van der Waals surface area contributed by atoms with Gasteiger partial charge in [-0.05, 0) is 64.7 Å². The fourth-order valence-electron chi connectivity index (χ4n) is 3.28. The highest BCUT2D eigenvalue weighted by Crippen LogP contribution is 2.36. The highest BCUT2D eigenvalue weighted by molar-refractivity contribution is 5.68. The van der Waals surface area contributed by atoms with Crippen molar-refractivity contribution in [2.24, 2.45) is 11.3 Å². The number of alkyl carbamates (subject to hydrolysis) is 1. The standard InChI is InChI=1S/C19H38N2O2/c1-14(21-17(22)23-19(5,6)7)13-20-16-10-8-9-15(11-12-16)18(2,3)4/h14-16,20H,8-13H2,1-7H3,(H,21,22). The molecule has 0 spiro atoms. The molecule has 1 amide bonds. The van der Waals surface area contributed by atoms with Crippen molar-refractivity contribution in [2.75, 3.05) is 6.54 Å². The van der Waals surface area contributed by atoms with Crippen molar-refractivity contribution < 1.29 is 9.53 Å². The average Bonchev–Trinajstić information content (AvgIpc) is 2.58. The molecule has 4 nitrogen and oxygen atoms in total. The summed E-state index contributed by atoms with van der Waals surface area (Å²) in [6.45, 7) is 15.5. The first-order valence-corrected chi connectivity index (χ1v) is 9.20. The van der Waals surface area contributed by atoms with E-state index in [1.54, 1.807) is 0 Å². The van der Waals surface area contributed by atoms with Crippen LogP contribution in [-0.4, -0.2) is 30.3 Å². The highest BCUT2D eigenvalue weighted by Gasteiger charge is 2.27. The van der Waals surface area contributed by atoms with Gasteiger partial charge in [0.1, 0.15) is 5.60 Å². The van der Waals surface area contributed by atoms with E-state index >= 15 is 0 Å². The van der Waals surface area contributed by atoms with E-state index in [0.717, 1.165) is 12.5 Å². The lowest BCUT2D eigenvalue weighted by Crippen LogP contribution is -2.44. The number of ether oxygens (including phenoxy) is 1. The summed E-state index contributed by atoms with van der Waals surface area (Å²) in [5.74, 6) is 0.826. The predicted molar refractivity (Wildman–Crippen MR) is 96.7 cm³/mol. The summed E-state index contributed by atoms with van der Waals surface area (Å²) >= 11 is 0. The minimum Gasteiger partial charge on any atom is -0.444 e. The molecule has 3 atom stereocenters. The first kappa shape index (κ1) is 20.3. The number of hydrogen-bond acceptors (Lipinski definition) is 3. The van der Waals surface area contributed by atoms with Crippen LogP contribution < -0.4 is 10.6 Å². The van der Waals surface area contributed by atoms with Crippen LogP contribution in [0.15, 0.2) is 0 Å². The van der Waals surface area contributed by atoms with Gasteiger partial charge in [-0.15, -0.1) is 0 Å². The minimum atomic E-state index is -0.444. The topological polar surface area (TPSA) is 50.4 Å². The molecule has 0 aliphatic heterocycles. The Labute approximate surface area is 143 Å². The quantitative estimate of drug-likeness (QED) is 0.749. The molecule has 0 aromatic rings. The number of hydrogen-bond donors (Lipinski definition) is 2. The summed E-state index contributed by atoms with van der Waals surface area (Å²) in [5.41, 5.74) is -0.0268. The lowest BCUT2D eigenvalue weighted by Gasteiger charge is -2.29. The number of carbonyl (C=O) groups excluding carboxylic acids is 1. The maximum atomic E-state index is 11.8. The Balaban J connectivity index is 2.31. The molecule has 3 unspecified atom stereocenters. The van der Waals surface area contributed by atoms with Crippen molar-refractivity contribution in [1.82, 2.24) is 10.6 Å². The summed E-state index contributed by atoms with van der Waals surface area (Å²) in [5, 5.41) is 6.53. The average molecular weight is 327 g/mol. The summed E-state index contributed by atoms with van der Waals surface area (Å²) in [4.78, 5) is 11.8. The summed E-state index contributed by atoms with van der Waals surface area (Å²) in [6, 6.07) is 0.650. The van der Waals surface area contributed by atoms with Gasteiger partial charge in [-0.2, -0.15) is 0 Å². The third kappa shape index (κ3) is 8.59. The van der Waals surface area contributed by atoms with E-state index in [4.69, 9.17) is 4.74 Å². The van der Waals surface area contributed by atoms with E-state index < -0.39 is 5.60 Å². The highest BCUT2D eigenvalue weighted by atomic mass is 16.6. The Morgan fingerprint density at radius 2 is 1.74 bits per heavy atom. The molecular weight excluding hydrogens is 288 g/mol. The Bertz CT molecular complexity index is 369. The van der Waals surface area contributed by atoms with E-state index in [-0.39, 0.29) is 12.1 Å². The SMILES string of the molecule is CC(CNC1CCCC(C(C)(C)C)CC1)NC(=O)OC(C)(C)C. The minimum absolute atomic E-state index is 0.0755. The molecule has 0 bridgehead atoms. The molecule has 1 rings (SSSR count). The number of carbonyl (C=O) groups is 1. The smallest absolute Gasteiger partial charge is 0.407 e. The first-order chi connectivity index (χ1) is 10.5. The van der Waals surface area contributed by atoms with Gasteiger partial charge in [-0.25, -0.2) is 4.79 Å². The van der Waals surface area contributed by atoms with Crippen LogP contribution in [0.4, 0.5) is 4.79 Å². The van der Waals surface area contributed by atoms with Crippen LogP contribution in [-0.2, 0) is 4.74 Å². The normalized spacial score (nSPS) is 24.7. The third-order valence-corrected chi connectivity index (χ3v) is 4.67. The van der Waals surface area contributed by atoms with Crippen LogP contribution in [0.25, 0.3) is 0 Å². The molecule has 23 heavy (non-hydrogen) atoms. The van der Waals surface area contributed by atoms with Crippen molar-refractivity contribution in [3.8, 4) is 0 Å². The zero-order valence-electron chi connectivity index (χ0n) is 16.3. The fourth-order valence-corrected chi connectivity index (χ4v) is 3.28. The van der Waals surface area contributed by atoms with Gasteiger partial charge in [-0.1, -0.05) is 27.2 Å². The zero-order valence-corrected chi connectivity index (χ0v) is 16.3. The maximum absolute atomic E-state index is 11.8. The third-order valence-electron chi connectivity index (χ3n) is 4.67. The Hall–Kier alpha value is -0.770. The van der Waals surface area contributed by atoms with Gasteiger partial charge in [0, 0.05) is 18.6 Å². The van der Waals surface area contributed by atoms with E-state index in [2.05, 4.69) is 31.4 Å². The Kier molecular flexibility index (Phi) is 7.37. The molecule has 1 saturated carbocycles. The fraction of sp³-hybridized carbons (Fsp3) is 0.947. The summed E-state index contributed by atoms with van der Waals surface area (Å²) < 4.78 is 5.29. The van der Waals surface area contributed by atoms with Crippen molar-refractivity contribution in [3.63, 3.8) is 0 Å². The van der Waals surface area contributed by atoms with Crippen molar-refractivity contribution in [1.29, 1.82) is 0 Å². The number of amides is 1. The molecule has 0 aromatic carbocycles. The van der Waals surface area contributed by atoms with Crippen LogP contribution in [0.1, 0.15) is 80.6 Å². The zero-order chi connectivity index (χ0) is 17.7. The van der Waals surface area contributed by atoms with E-state index in [1.165, 1.54) is 32.1 Å². The molecule has 1 fully saturated rings. The molecular formula is C19H38N2O2. The van der Waals surface area contributed by atoms with Gasteiger partial charge in [0.15, 0.2) is 0 Å². The van der Waals surface area contributed by atoms with Gasteiger partial charge in [0.05, 0.1) is 0 Å². The monoisotopic (exact) mass is 326 g/mol. The van der Waals surface area contributed by atoms with E-state index in [1.807, 2.05) is 27.7 Å². The van der Waals surface area contributed by atoms with Gasteiger partial charge < -0.3 is 15.4 Å². The van der Waals surface area contributed by atoms with Crippen LogP contribution in [0, 0.1) is 11.3 Å². The van der Waals surface area contributed by atoms with E-state index in [9.17, 15) is 4.79 Å². The lowest BCUT2D eigenvalue weighted by atomic mass is 9.76. The number of nitrogens with one attached hydrogen (secondary N) is 2. The van der Waals surface area contributed by atoms with Gasteiger partial charge in [0.2, 0.25) is 0 Å². The molecule has 2 N–H and O–H groups in total. The van der Waals surface area contributed by atoms with Gasteiger partial charge >= 0.3 is 6.09 Å². The van der Waals surface area contributed by atoms with Crippen molar-refractivity contribution >= 4 is 6.09 Å². The first-order valence-electron chi connectivity index (χ1n) is 9.20. The maximum Gasteiger partial charge on any atom is 0.407 e. The Morgan fingerprint density at radius 1 is 1.09 bits per heavy atom. The molecule has 1 aliphatic rings. The molecule has 0 saturated heterocycles. The molecule has 0 radical (unpaired) electrons. The van der Waals surface area contributed by atoms with Crippen LogP contribution >= 0.6 is 0 Å². The second-order valence-corrected chi connectivity index (χ2v) is 9.22. The van der Waals surface area contributed by atoms with Gasteiger partial charge in [0.25, 0.3) is 0 Å².